The van der Waals surface area contributed by atoms with Crippen LogP contribution in [0.1, 0.15) is 37.5 Å². The molecule has 0 amide bonds. The van der Waals surface area contributed by atoms with Crippen LogP contribution in [0.2, 0.25) is 0 Å². The smallest absolute Gasteiger partial charge is 0.310 e. The van der Waals surface area contributed by atoms with Gasteiger partial charge in [0.05, 0.1) is 23.7 Å². The van der Waals surface area contributed by atoms with Crippen LogP contribution in [0.5, 0.6) is 5.88 Å². The van der Waals surface area contributed by atoms with Crippen LogP contribution in [0.3, 0.4) is 0 Å². The monoisotopic (exact) mass is 436 g/mol. The Morgan fingerprint density at radius 2 is 1.75 bits per heavy atom. The van der Waals surface area contributed by atoms with Gasteiger partial charge in [-0.25, -0.2) is 13.8 Å². The first-order valence-corrected chi connectivity index (χ1v) is 9.93. The van der Waals surface area contributed by atoms with Crippen molar-refractivity contribution in [3.05, 3.63) is 82.9 Å². The molecule has 7 heteroatoms. The number of rotatable bonds is 6. The molecule has 0 aliphatic rings. The maximum Gasteiger partial charge on any atom is 0.310 e. The van der Waals surface area contributed by atoms with Crippen LogP contribution in [0.4, 0.5) is 8.78 Å². The minimum absolute atomic E-state index is 0.0722. The number of hydrogen-bond acceptors (Lipinski definition) is 5. The maximum atomic E-state index is 14.6. The Balaban J connectivity index is 1.71. The molecule has 0 saturated carbocycles. The van der Waals surface area contributed by atoms with E-state index in [1.165, 1.54) is 24.3 Å². The number of aromatic nitrogens is 1. The van der Waals surface area contributed by atoms with Crippen LogP contribution in [0.15, 0.2) is 54.6 Å². The zero-order valence-corrected chi connectivity index (χ0v) is 18.0. The van der Waals surface area contributed by atoms with Crippen molar-refractivity contribution in [1.29, 1.82) is 5.26 Å². The van der Waals surface area contributed by atoms with Crippen LogP contribution in [0, 0.1) is 23.0 Å². The molecule has 0 bridgehead atoms. The molecular weight excluding hydrogens is 414 g/mol. The molecule has 0 saturated heterocycles. The second kappa shape index (κ2) is 9.56. The molecule has 0 fully saturated rings. The van der Waals surface area contributed by atoms with Gasteiger partial charge in [-0.3, -0.25) is 4.79 Å². The lowest BCUT2D eigenvalue weighted by molar-refractivity contribution is -0.153. The summed E-state index contributed by atoms with van der Waals surface area (Å²) < 4.78 is 39.4. The molecule has 0 atom stereocenters. The summed E-state index contributed by atoms with van der Waals surface area (Å²) in [7, 11) is 0. The van der Waals surface area contributed by atoms with Crippen molar-refractivity contribution < 1.29 is 23.0 Å². The molecule has 1 heterocycles. The van der Waals surface area contributed by atoms with Crippen LogP contribution in [0.25, 0.3) is 11.3 Å². The molecule has 0 radical (unpaired) electrons. The summed E-state index contributed by atoms with van der Waals surface area (Å²) in [5.41, 5.74) is 1.07. The molecule has 2 aromatic carbocycles. The fraction of sp³-hybridized carbons (Fsp3) is 0.240. The fourth-order valence-corrected chi connectivity index (χ4v) is 2.92. The molecule has 1 aromatic heterocycles. The van der Waals surface area contributed by atoms with Gasteiger partial charge in [0.15, 0.2) is 0 Å². The van der Waals surface area contributed by atoms with Crippen LogP contribution < -0.4 is 4.74 Å². The number of nitrogens with zero attached hydrogens (tertiary/aromatic N) is 2. The highest BCUT2D eigenvalue weighted by atomic mass is 19.1. The summed E-state index contributed by atoms with van der Waals surface area (Å²) >= 11 is 0. The van der Waals surface area contributed by atoms with Gasteiger partial charge >= 0.3 is 5.97 Å². The van der Waals surface area contributed by atoms with E-state index in [2.05, 4.69) is 4.98 Å². The van der Waals surface area contributed by atoms with Crippen molar-refractivity contribution >= 4 is 5.97 Å². The van der Waals surface area contributed by atoms with Crippen LogP contribution >= 0.6 is 0 Å². The molecule has 0 aliphatic heterocycles. The van der Waals surface area contributed by atoms with E-state index in [0.29, 0.717) is 11.3 Å². The zero-order chi connectivity index (χ0) is 23.3. The molecule has 5 nitrogen and oxygen atoms in total. The summed E-state index contributed by atoms with van der Waals surface area (Å²) in [4.78, 5) is 16.3. The topological polar surface area (TPSA) is 72.2 Å². The lowest BCUT2D eigenvalue weighted by Crippen LogP contribution is -2.25. The molecule has 0 unspecified atom stereocenters. The lowest BCUT2D eigenvalue weighted by Gasteiger charge is -2.19. The van der Waals surface area contributed by atoms with E-state index < -0.39 is 23.2 Å². The van der Waals surface area contributed by atoms with Crippen molar-refractivity contribution in [3.63, 3.8) is 0 Å². The Hall–Kier alpha value is -3.79. The van der Waals surface area contributed by atoms with Crippen molar-refractivity contribution in [2.45, 2.75) is 39.4 Å². The third-order valence-corrected chi connectivity index (χ3v) is 4.38. The average molecular weight is 436 g/mol. The number of ether oxygens (including phenoxy) is 2. The van der Waals surface area contributed by atoms with Crippen molar-refractivity contribution in [2.24, 2.45) is 0 Å². The summed E-state index contributed by atoms with van der Waals surface area (Å²) in [6, 6.07) is 15.5. The Bertz CT molecular complexity index is 1180. The Labute approximate surface area is 185 Å². The number of esters is 1. The van der Waals surface area contributed by atoms with Gasteiger partial charge in [0, 0.05) is 17.2 Å². The van der Waals surface area contributed by atoms with Crippen molar-refractivity contribution in [3.8, 4) is 23.2 Å². The van der Waals surface area contributed by atoms with Gasteiger partial charge in [-0.05, 0) is 50.6 Å². The largest absolute Gasteiger partial charge is 0.473 e. The Morgan fingerprint density at radius 3 is 2.41 bits per heavy atom. The highest BCUT2D eigenvalue weighted by Gasteiger charge is 2.18. The standard InChI is InChI=1S/C25H22F2N2O3/c1-25(2,3)32-24(30)13-17-9-10-18(12-21(17)27)22-5-4-6-23(29-22)31-15-19-8-7-16(14-28)11-20(19)26/h4-12H,13,15H2,1-3H3. The highest BCUT2D eigenvalue weighted by molar-refractivity contribution is 5.73. The molecular formula is C25H22F2N2O3. The second-order valence-corrected chi connectivity index (χ2v) is 8.14. The zero-order valence-electron chi connectivity index (χ0n) is 18.0. The maximum absolute atomic E-state index is 14.6. The number of halogens is 2. The quantitative estimate of drug-likeness (QED) is 0.487. The number of hydrogen-bond donors (Lipinski definition) is 0. The van der Waals surface area contributed by atoms with Gasteiger partial charge in [-0.2, -0.15) is 5.26 Å². The van der Waals surface area contributed by atoms with Gasteiger partial charge in [0.2, 0.25) is 5.88 Å². The van der Waals surface area contributed by atoms with Gasteiger partial charge in [0.25, 0.3) is 0 Å². The molecule has 32 heavy (non-hydrogen) atoms. The molecule has 3 rings (SSSR count). The number of carbonyl (C=O) groups excluding carboxylic acids is 1. The molecule has 3 aromatic rings. The number of carbonyl (C=O) groups is 1. The molecule has 0 spiro atoms. The van der Waals surface area contributed by atoms with Gasteiger partial charge in [-0.15, -0.1) is 0 Å². The first-order valence-electron chi connectivity index (χ1n) is 9.93. The predicted octanol–water partition coefficient (Wildman–Crippen LogP) is 5.36. The van der Waals surface area contributed by atoms with E-state index in [1.807, 2.05) is 6.07 Å². The minimum atomic E-state index is -0.640. The van der Waals surface area contributed by atoms with Crippen LogP contribution in [-0.4, -0.2) is 16.6 Å². The molecule has 0 N–H and O–H groups in total. The van der Waals surface area contributed by atoms with E-state index in [9.17, 15) is 13.6 Å². The second-order valence-electron chi connectivity index (χ2n) is 8.14. The third kappa shape index (κ3) is 6.11. The lowest BCUT2D eigenvalue weighted by atomic mass is 10.1. The van der Waals surface area contributed by atoms with Gasteiger partial charge in [0.1, 0.15) is 23.8 Å². The summed E-state index contributed by atoms with van der Waals surface area (Å²) in [6.07, 6.45) is -0.171. The first kappa shape index (κ1) is 22.9. The van der Waals surface area contributed by atoms with Crippen LogP contribution in [-0.2, 0) is 22.6 Å². The number of nitriles is 1. The van der Waals surface area contributed by atoms with E-state index in [-0.39, 0.29) is 35.6 Å². The minimum Gasteiger partial charge on any atom is -0.473 e. The van der Waals surface area contributed by atoms with Crippen molar-refractivity contribution in [2.75, 3.05) is 0 Å². The van der Waals surface area contributed by atoms with E-state index in [0.717, 1.165) is 6.07 Å². The summed E-state index contributed by atoms with van der Waals surface area (Å²) in [5, 5.41) is 8.82. The Morgan fingerprint density at radius 1 is 1.03 bits per heavy atom. The predicted molar refractivity (Wildman–Crippen MR) is 115 cm³/mol. The van der Waals surface area contributed by atoms with E-state index in [4.69, 9.17) is 14.7 Å². The Kier molecular flexibility index (Phi) is 6.84. The highest BCUT2D eigenvalue weighted by Crippen LogP contribution is 2.24. The summed E-state index contributed by atoms with van der Waals surface area (Å²) in [5.74, 6) is -1.35. The van der Waals surface area contributed by atoms with E-state index >= 15 is 0 Å². The van der Waals surface area contributed by atoms with Gasteiger partial charge < -0.3 is 9.47 Å². The number of benzene rings is 2. The van der Waals surface area contributed by atoms with E-state index in [1.54, 1.807) is 45.0 Å². The molecule has 0 aliphatic carbocycles. The summed E-state index contributed by atoms with van der Waals surface area (Å²) in [6.45, 7) is 5.18. The SMILES string of the molecule is CC(C)(C)OC(=O)Cc1ccc(-c2cccc(OCc3ccc(C#N)cc3F)n2)cc1F. The number of pyridine rings is 1. The normalized spacial score (nSPS) is 11.0. The fourth-order valence-electron chi connectivity index (χ4n) is 2.92. The average Bonchev–Trinajstić information content (AvgIpc) is 2.73. The molecule has 164 valence electrons. The third-order valence-electron chi connectivity index (χ3n) is 4.38. The first-order chi connectivity index (χ1) is 15.1. The van der Waals surface area contributed by atoms with Crippen molar-refractivity contribution in [1.82, 2.24) is 4.98 Å². The van der Waals surface area contributed by atoms with Gasteiger partial charge in [-0.1, -0.05) is 24.3 Å².